The second-order valence-electron chi connectivity index (χ2n) is 4.73. The molecule has 0 unspecified atom stereocenters. The maximum atomic E-state index is 11.4. The first kappa shape index (κ1) is 15.4. The molecule has 0 aliphatic rings. The van der Waals surface area contributed by atoms with Gasteiger partial charge in [0.15, 0.2) is 6.10 Å². The number of ether oxygens (including phenoxy) is 1. The summed E-state index contributed by atoms with van der Waals surface area (Å²) >= 11 is 5.89. The minimum absolute atomic E-state index is 0.325. The zero-order valence-corrected chi connectivity index (χ0v) is 12.5. The smallest absolute Gasteiger partial charge is 0.345 e. The first-order valence-corrected chi connectivity index (χ1v) is 7.19. The van der Waals surface area contributed by atoms with Crippen molar-refractivity contribution in [2.75, 3.05) is 0 Å². The molecule has 110 valence electrons. The third-order valence-corrected chi connectivity index (χ3v) is 3.49. The van der Waals surface area contributed by atoms with Crippen molar-refractivity contribution in [1.82, 2.24) is 0 Å². The number of aryl methyl sites for hydroxylation is 1. The molecule has 0 amide bonds. The SMILES string of the molecule is CCc1ccccc1C[C@H](Oc1cccc(Cl)c1)C(=O)O. The number of carbonyl (C=O) groups is 1. The first-order valence-electron chi connectivity index (χ1n) is 6.82. The van der Waals surface area contributed by atoms with Gasteiger partial charge in [-0.25, -0.2) is 4.79 Å². The van der Waals surface area contributed by atoms with Crippen LogP contribution in [0.2, 0.25) is 5.02 Å². The highest BCUT2D eigenvalue weighted by molar-refractivity contribution is 6.30. The summed E-state index contributed by atoms with van der Waals surface area (Å²) in [4.78, 5) is 11.4. The van der Waals surface area contributed by atoms with Crippen molar-refractivity contribution in [3.05, 3.63) is 64.7 Å². The molecular formula is C17H17ClO3. The third-order valence-electron chi connectivity index (χ3n) is 3.25. The van der Waals surface area contributed by atoms with Gasteiger partial charge in [-0.3, -0.25) is 0 Å². The van der Waals surface area contributed by atoms with Crippen LogP contribution in [0.4, 0.5) is 0 Å². The Morgan fingerprint density at radius 2 is 1.90 bits per heavy atom. The number of hydrogen-bond donors (Lipinski definition) is 1. The Balaban J connectivity index is 2.18. The van der Waals surface area contributed by atoms with Gasteiger partial charge in [0, 0.05) is 11.4 Å². The fourth-order valence-electron chi connectivity index (χ4n) is 2.19. The molecule has 21 heavy (non-hydrogen) atoms. The van der Waals surface area contributed by atoms with Crippen molar-refractivity contribution >= 4 is 17.6 Å². The Labute approximate surface area is 129 Å². The van der Waals surface area contributed by atoms with Crippen LogP contribution in [0.1, 0.15) is 18.1 Å². The number of halogens is 1. The minimum atomic E-state index is -0.985. The second-order valence-corrected chi connectivity index (χ2v) is 5.16. The molecule has 1 atom stereocenters. The van der Waals surface area contributed by atoms with Gasteiger partial charge in [-0.15, -0.1) is 0 Å². The van der Waals surface area contributed by atoms with E-state index in [0.29, 0.717) is 17.2 Å². The lowest BCUT2D eigenvalue weighted by molar-refractivity contribution is -0.145. The van der Waals surface area contributed by atoms with Crippen LogP contribution < -0.4 is 4.74 Å². The molecule has 3 nitrogen and oxygen atoms in total. The molecule has 0 radical (unpaired) electrons. The average Bonchev–Trinajstić information content (AvgIpc) is 2.47. The van der Waals surface area contributed by atoms with Crippen LogP contribution in [-0.4, -0.2) is 17.2 Å². The van der Waals surface area contributed by atoms with E-state index in [2.05, 4.69) is 0 Å². The van der Waals surface area contributed by atoms with Crippen molar-refractivity contribution in [3.63, 3.8) is 0 Å². The molecule has 0 fully saturated rings. The Morgan fingerprint density at radius 3 is 2.52 bits per heavy atom. The highest BCUT2D eigenvalue weighted by atomic mass is 35.5. The molecule has 4 heteroatoms. The maximum absolute atomic E-state index is 11.4. The number of rotatable bonds is 6. The first-order chi connectivity index (χ1) is 10.1. The van der Waals surface area contributed by atoms with Gasteiger partial charge in [-0.2, -0.15) is 0 Å². The second kappa shape index (κ2) is 7.14. The fourth-order valence-corrected chi connectivity index (χ4v) is 2.37. The van der Waals surface area contributed by atoms with Crippen LogP contribution in [-0.2, 0) is 17.6 Å². The van der Waals surface area contributed by atoms with E-state index in [0.717, 1.165) is 17.5 Å². The molecule has 2 aromatic carbocycles. The summed E-state index contributed by atoms with van der Waals surface area (Å²) in [6.45, 7) is 2.05. The standard InChI is InChI=1S/C17H17ClO3/c1-2-12-6-3-4-7-13(12)10-16(17(19)20)21-15-9-5-8-14(18)11-15/h3-9,11,16H,2,10H2,1H3,(H,19,20)/t16-/m0/s1. The molecule has 0 spiro atoms. The lowest BCUT2D eigenvalue weighted by Gasteiger charge is -2.17. The van der Waals surface area contributed by atoms with Crippen molar-refractivity contribution in [3.8, 4) is 5.75 Å². The van der Waals surface area contributed by atoms with E-state index in [1.807, 2.05) is 31.2 Å². The molecule has 0 aromatic heterocycles. The molecule has 1 N–H and O–H groups in total. The topological polar surface area (TPSA) is 46.5 Å². The Morgan fingerprint density at radius 1 is 1.19 bits per heavy atom. The zero-order valence-electron chi connectivity index (χ0n) is 11.8. The van der Waals surface area contributed by atoms with Crippen molar-refractivity contribution in [2.45, 2.75) is 25.9 Å². The van der Waals surface area contributed by atoms with Crippen LogP contribution in [0.5, 0.6) is 5.75 Å². The highest BCUT2D eigenvalue weighted by Crippen LogP contribution is 2.20. The molecule has 2 aromatic rings. The summed E-state index contributed by atoms with van der Waals surface area (Å²) in [5, 5.41) is 9.89. The lowest BCUT2D eigenvalue weighted by Crippen LogP contribution is -2.29. The summed E-state index contributed by atoms with van der Waals surface area (Å²) in [5.41, 5.74) is 2.13. The van der Waals surface area contributed by atoms with E-state index in [1.54, 1.807) is 24.3 Å². The van der Waals surface area contributed by atoms with Crippen LogP contribution in [0.3, 0.4) is 0 Å². The minimum Gasteiger partial charge on any atom is -0.478 e. The van der Waals surface area contributed by atoms with E-state index in [1.165, 1.54) is 0 Å². The number of carboxylic acid groups (broad SMARTS) is 1. The van der Waals surface area contributed by atoms with Gasteiger partial charge in [0.05, 0.1) is 0 Å². The molecule has 0 heterocycles. The maximum Gasteiger partial charge on any atom is 0.345 e. The third kappa shape index (κ3) is 4.23. The molecule has 2 rings (SSSR count). The predicted octanol–water partition coefficient (Wildman–Crippen LogP) is 3.98. The van der Waals surface area contributed by atoms with E-state index in [4.69, 9.17) is 16.3 Å². The van der Waals surface area contributed by atoms with Crippen molar-refractivity contribution < 1.29 is 14.6 Å². The largest absolute Gasteiger partial charge is 0.478 e. The van der Waals surface area contributed by atoms with Gasteiger partial charge < -0.3 is 9.84 Å². The average molecular weight is 305 g/mol. The summed E-state index contributed by atoms with van der Waals surface area (Å²) in [6.07, 6.45) is 0.252. The Kier molecular flexibility index (Phi) is 5.23. The van der Waals surface area contributed by atoms with Gasteiger partial charge in [-0.05, 0) is 35.7 Å². The quantitative estimate of drug-likeness (QED) is 0.878. The molecule has 0 saturated heterocycles. The molecular weight excluding hydrogens is 288 g/mol. The lowest BCUT2D eigenvalue weighted by atomic mass is 10.00. The van der Waals surface area contributed by atoms with Gasteiger partial charge in [0.2, 0.25) is 0 Å². The predicted molar refractivity (Wildman–Crippen MR) is 83.0 cm³/mol. The van der Waals surface area contributed by atoms with E-state index < -0.39 is 12.1 Å². The molecule has 0 aliphatic carbocycles. The van der Waals surface area contributed by atoms with Crippen LogP contribution >= 0.6 is 11.6 Å². The molecule has 0 bridgehead atoms. The van der Waals surface area contributed by atoms with Crippen LogP contribution in [0.25, 0.3) is 0 Å². The van der Waals surface area contributed by atoms with E-state index in [-0.39, 0.29) is 0 Å². The molecule has 0 aliphatic heterocycles. The number of hydrogen-bond acceptors (Lipinski definition) is 2. The number of benzene rings is 2. The fraction of sp³-hybridized carbons (Fsp3) is 0.235. The monoisotopic (exact) mass is 304 g/mol. The van der Waals surface area contributed by atoms with Gasteiger partial charge in [0.1, 0.15) is 5.75 Å². The van der Waals surface area contributed by atoms with Crippen LogP contribution in [0.15, 0.2) is 48.5 Å². The van der Waals surface area contributed by atoms with Gasteiger partial charge in [0.25, 0.3) is 0 Å². The van der Waals surface area contributed by atoms with Crippen molar-refractivity contribution in [1.29, 1.82) is 0 Å². The van der Waals surface area contributed by atoms with E-state index in [9.17, 15) is 9.90 Å². The van der Waals surface area contributed by atoms with Crippen molar-refractivity contribution in [2.24, 2.45) is 0 Å². The van der Waals surface area contributed by atoms with Crippen LogP contribution in [0, 0.1) is 0 Å². The summed E-state index contributed by atoms with van der Waals surface area (Å²) in [5.74, 6) is -0.523. The number of carboxylic acids is 1. The number of aliphatic carboxylic acids is 1. The zero-order chi connectivity index (χ0) is 15.2. The van der Waals surface area contributed by atoms with E-state index >= 15 is 0 Å². The van der Waals surface area contributed by atoms with Gasteiger partial charge in [-0.1, -0.05) is 48.9 Å². The summed E-state index contributed by atoms with van der Waals surface area (Å²) in [6, 6.07) is 14.6. The normalized spacial score (nSPS) is 11.9. The summed E-state index contributed by atoms with van der Waals surface area (Å²) < 4.78 is 5.58. The molecule has 0 saturated carbocycles. The highest BCUT2D eigenvalue weighted by Gasteiger charge is 2.21. The Bertz CT molecular complexity index is 625. The van der Waals surface area contributed by atoms with Gasteiger partial charge >= 0.3 is 5.97 Å². The summed E-state index contributed by atoms with van der Waals surface area (Å²) in [7, 11) is 0. The Hall–Kier alpha value is -2.00.